The highest BCUT2D eigenvalue weighted by molar-refractivity contribution is 5.93. The van der Waals surface area contributed by atoms with Crippen LogP contribution in [0.25, 0.3) is 11.5 Å². The fraction of sp³-hybridized carbons (Fsp3) is 0.263. The predicted octanol–water partition coefficient (Wildman–Crippen LogP) is 3.27. The van der Waals surface area contributed by atoms with Crippen molar-refractivity contribution in [3.63, 3.8) is 0 Å². The minimum absolute atomic E-state index is 0.0357. The first-order valence-electron chi connectivity index (χ1n) is 8.29. The van der Waals surface area contributed by atoms with Crippen molar-refractivity contribution in [2.45, 2.75) is 19.1 Å². The Morgan fingerprint density at radius 1 is 1.20 bits per heavy atom. The molecule has 6 heteroatoms. The lowest BCUT2D eigenvalue weighted by Crippen LogP contribution is -2.46. The van der Waals surface area contributed by atoms with Crippen LogP contribution in [0.1, 0.15) is 29.1 Å². The van der Waals surface area contributed by atoms with Crippen LogP contribution in [0.15, 0.2) is 59.2 Å². The second-order valence-electron chi connectivity index (χ2n) is 6.20. The molecule has 6 nitrogen and oxygen atoms in total. The minimum atomic E-state index is -0.127. The van der Waals surface area contributed by atoms with Gasteiger partial charge in [0.05, 0.1) is 18.9 Å². The third-order valence-corrected chi connectivity index (χ3v) is 4.30. The zero-order valence-electron chi connectivity index (χ0n) is 13.9. The number of aromatic amines is 1. The van der Waals surface area contributed by atoms with E-state index < -0.39 is 0 Å². The summed E-state index contributed by atoms with van der Waals surface area (Å²) in [5, 5.41) is 7.01. The Morgan fingerprint density at radius 3 is 2.80 bits per heavy atom. The average molecular weight is 337 g/mol. The van der Waals surface area contributed by atoms with Gasteiger partial charge in [-0.25, -0.2) is 0 Å². The van der Waals surface area contributed by atoms with E-state index in [0.717, 1.165) is 5.56 Å². The van der Waals surface area contributed by atoms with E-state index >= 15 is 0 Å². The van der Waals surface area contributed by atoms with Crippen LogP contribution in [-0.2, 0) is 4.74 Å². The zero-order valence-corrected chi connectivity index (χ0v) is 13.9. The van der Waals surface area contributed by atoms with E-state index in [4.69, 9.17) is 9.15 Å². The molecule has 4 rings (SSSR count). The number of amides is 1. The highest BCUT2D eigenvalue weighted by Gasteiger charge is 2.31. The molecule has 128 valence electrons. The number of carbonyl (C=O) groups excluding carboxylic acids is 1. The minimum Gasteiger partial charge on any atom is -0.463 e. The second-order valence-corrected chi connectivity index (χ2v) is 6.20. The van der Waals surface area contributed by atoms with Gasteiger partial charge in [0.25, 0.3) is 5.91 Å². The zero-order chi connectivity index (χ0) is 17.2. The first kappa shape index (κ1) is 15.7. The van der Waals surface area contributed by atoms with Crippen LogP contribution in [0.5, 0.6) is 0 Å². The normalized spacial score (nSPS) is 20.6. The number of hydrogen-bond acceptors (Lipinski definition) is 4. The van der Waals surface area contributed by atoms with Crippen molar-refractivity contribution in [1.29, 1.82) is 0 Å². The lowest BCUT2D eigenvalue weighted by molar-refractivity contribution is -0.0692. The largest absolute Gasteiger partial charge is 0.463 e. The van der Waals surface area contributed by atoms with Gasteiger partial charge in [-0.2, -0.15) is 5.10 Å². The summed E-state index contributed by atoms with van der Waals surface area (Å²) in [5.41, 5.74) is 2.15. The Bertz CT molecular complexity index is 842. The van der Waals surface area contributed by atoms with Gasteiger partial charge >= 0.3 is 0 Å². The number of hydrogen-bond donors (Lipinski definition) is 1. The molecule has 0 radical (unpaired) electrons. The molecule has 3 heterocycles. The number of benzene rings is 1. The molecule has 25 heavy (non-hydrogen) atoms. The van der Waals surface area contributed by atoms with E-state index in [0.29, 0.717) is 30.2 Å². The monoisotopic (exact) mass is 337 g/mol. The molecular formula is C19H19N3O3. The van der Waals surface area contributed by atoms with Crippen LogP contribution < -0.4 is 0 Å². The van der Waals surface area contributed by atoms with Gasteiger partial charge in [0.2, 0.25) is 0 Å². The lowest BCUT2D eigenvalue weighted by atomic mass is 10.1. The maximum Gasteiger partial charge on any atom is 0.274 e. The predicted molar refractivity (Wildman–Crippen MR) is 91.9 cm³/mol. The van der Waals surface area contributed by atoms with E-state index in [-0.39, 0.29) is 18.1 Å². The van der Waals surface area contributed by atoms with Gasteiger partial charge < -0.3 is 14.1 Å². The molecule has 0 saturated carbocycles. The first-order chi connectivity index (χ1) is 12.2. The summed E-state index contributed by atoms with van der Waals surface area (Å²) in [6, 6.07) is 15.3. The number of ether oxygens (including phenoxy) is 1. The van der Waals surface area contributed by atoms with Gasteiger partial charge in [0.1, 0.15) is 11.8 Å². The van der Waals surface area contributed by atoms with Crippen molar-refractivity contribution in [1.82, 2.24) is 15.1 Å². The standard InChI is InChI=1S/C19H19N3O3/c1-13-11-22(12-18(25-13)14-6-3-2-4-7-14)19(23)16-10-15(20-21-16)17-8-5-9-24-17/h2-10,13,18H,11-12H2,1H3,(H,20,21)/t13-,18+/m0/s1. The van der Waals surface area contributed by atoms with Crippen LogP contribution in [0.3, 0.4) is 0 Å². The van der Waals surface area contributed by atoms with Gasteiger partial charge in [-0.1, -0.05) is 30.3 Å². The SMILES string of the molecule is C[C@H]1CN(C(=O)c2cc(-c3ccco3)[nH]n2)C[C@H](c2ccccc2)O1. The molecule has 1 aliphatic rings. The van der Waals surface area contributed by atoms with Crippen molar-refractivity contribution in [2.75, 3.05) is 13.1 Å². The number of furan rings is 1. The van der Waals surface area contributed by atoms with Crippen molar-refractivity contribution in [3.05, 3.63) is 66.1 Å². The van der Waals surface area contributed by atoms with Crippen LogP contribution in [-0.4, -0.2) is 40.2 Å². The molecule has 1 aliphatic heterocycles. The number of nitrogens with one attached hydrogen (secondary N) is 1. The molecule has 1 amide bonds. The average Bonchev–Trinajstić information content (AvgIpc) is 3.32. The molecule has 0 spiro atoms. The molecule has 0 aliphatic carbocycles. The third kappa shape index (κ3) is 3.21. The van der Waals surface area contributed by atoms with Gasteiger partial charge in [-0.3, -0.25) is 9.89 Å². The molecule has 1 N–H and O–H groups in total. The number of H-pyrrole nitrogens is 1. The Balaban J connectivity index is 1.53. The van der Waals surface area contributed by atoms with E-state index in [1.54, 1.807) is 23.3 Å². The lowest BCUT2D eigenvalue weighted by Gasteiger charge is -2.36. The van der Waals surface area contributed by atoms with E-state index in [1.807, 2.05) is 43.3 Å². The Kier molecular flexibility index (Phi) is 4.11. The van der Waals surface area contributed by atoms with Crippen LogP contribution in [0, 0.1) is 0 Å². The Morgan fingerprint density at radius 2 is 2.04 bits per heavy atom. The summed E-state index contributed by atoms with van der Waals surface area (Å²) < 4.78 is 11.3. The molecule has 1 fully saturated rings. The molecule has 2 atom stereocenters. The number of aromatic nitrogens is 2. The summed E-state index contributed by atoms with van der Waals surface area (Å²) in [4.78, 5) is 14.7. The van der Waals surface area contributed by atoms with E-state index in [9.17, 15) is 4.79 Å². The van der Waals surface area contributed by atoms with Crippen LogP contribution in [0.4, 0.5) is 0 Å². The molecule has 0 bridgehead atoms. The molecule has 3 aromatic rings. The summed E-state index contributed by atoms with van der Waals surface area (Å²) in [6.45, 7) is 3.04. The summed E-state index contributed by atoms with van der Waals surface area (Å²) in [5.74, 6) is 0.550. The van der Waals surface area contributed by atoms with Gasteiger partial charge in [-0.05, 0) is 24.6 Å². The van der Waals surface area contributed by atoms with Crippen molar-refractivity contribution in [2.24, 2.45) is 0 Å². The van der Waals surface area contributed by atoms with E-state index in [1.165, 1.54) is 0 Å². The number of nitrogens with zero attached hydrogens (tertiary/aromatic N) is 2. The molecule has 1 saturated heterocycles. The molecule has 1 aromatic carbocycles. The fourth-order valence-corrected chi connectivity index (χ4v) is 3.12. The number of morpholine rings is 1. The third-order valence-electron chi connectivity index (χ3n) is 4.30. The van der Waals surface area contributed by atoms with Gasteiger partial charge in [0, 0.05) is 12.6 Å². The number of rotatable bonds is 3. The smallest absolute Gasteiger partial charge is 0.274 e. The van der Waals surface area contributed by atoms with Gasteiger partial charge in [-0.15, -0.1) is 0 Å². The molecular weight excluding hydrogens is 318 g/mol. The van der Waals surface area contributed by atoms with Crippen molar-refractivity contribution < 1.29 is 13.9 Å². The Labute approximate surface area is 145 Å². The Hall–Kier alpha value is -2.86. The second kappa shape index (κ2) is 6.57. The topological polar surface area (TPSA) is 71.4 Å². The highest BCUT2D eigenvalue weighted by Crippen LogP contribution is 2.26. The first-order valence-corrected chi connectivity index (χ1v) is 8.29. The molecule has 2 aromatic heterocycles. The fourth-order valence-electron chi connectivity index (χ4n) is 3.12. The molecule has 0 unspecified atom stereocenters. The maximum absolute atomic E-state index is 12.9. The van der Waals surface area contributed by atoms with Crippen molar-refractivity contribution in [3.8, 4) is 11.5 Å². The van der Waals surface area contributed by atoms with Gasteiger partial charge in [0.15, 0.2) is 11.5 Å². The maximum atomic E-state index is 12.9. The van der Waals surface area contributed by atoms with Crippen LogP contribution >= 0.6 is 0 Å². The summed E-state index contributed by atoms with van der Waals surface area (Å²) >= 11 is 0. The summed E-state index contributed by atoms with van der Waals surface area (Å²) in [7, 11) is 0. The number of carbonyl (C=O) groups is 1. The van der Waals surface area contributed by atoms with E-state index in [2.05, 4.69) is 10.2 Å². The van der Waals surface area contributed by atoms with Crippen LogP contribution in [0.2, 0.25) is 0 Å². The highest BCUT2D eigenvalue weighted by atomic mass is 16.5. The quantitative estimate of drug-likeness (QED) is 0.796. The van der Waals surface area contributed by atoms with Crippen molar-refractivity contribution >= 4 is 5.91 Å². The summed E-state index contributed by atoms with van der Waals surface area (Å²) in [6.07, 6.45) is 1.43.